The minimum absolute atomic E-state index is 0.0444. The number of benzene rings is 2. The van der Waals surface area contributed by atoms with Crippen LogP contribution in [0.1, 0.15) is 42.3 Å². The van der Waals surface area contributed by atoms with Gasteiger partial charge in [-0.1, -0.05) is 24.3 Å². The van der Waals surface area contributed by atoms with Gasteiger partial charge in [-0.3, -0.25) is 4.79 Å². The molecule has 6 heteroatoms. The molecule has 0 aliphatic carbocycles. The molecule has 0 amide bonds. The highest BCUT2D eigenvalue weighted by atomic mass is 16.4. The van der Waals surface area contributed by atoms with Crippen LogP contribution in [0.3, 0.4) is 0 Å². The van der Waals surface area contributed by atoms with Crippen molar-refractivity contribution < 1.29 is 14.7 Å². The van der Waals surface area contributed by atoms with Gasteiger partial charge in [-0.15, -0.1) is 5.11 Å². The molecule has 0 atom stereocenters. The van der Waals surface area contributed by atoms with Gasteiger partial charge >= 0.3 is 5.97 Å². The molecule has 0 bridgehead atoms. The normalized spacial score (nSPS) is 17.1. The zero-order valence-electron chi connectivity index (χ0n) is 15.5. The maximum absolute atomic E-state index is 11.9. The summed E-state index contributed by atoms with van der Waals surface area (Å²) >= 11 is 0. The summed E-state index contributed by atoms with van der Waals surface area (Å²) in [7, 11) is 0. The number of fused-ring (bicyclic) bond motifs is 1. The van der Waals surface area contributed by atoms with Crippen LogP contribution in [-0.4, -0.2) is 22.4 Å². The Balaban J connectivity index is 2.04. The molecule has 3 rings (SSSR count). The molecule has 1 heterocycles. The first-order valence-electron chi connectivity index (χ1n) is 8.63. The highest BCUT2D eigenvalue weighted by molar-refractivity contribution is 5.96. The van der Waals surface area contributed by atoms with Crippen molar-refractivity contribution in [3.63, 3.8) is 0 Å². The van der Waals surface area contributed by atoms with Crippen LogP contribution in [0.15, 0.2) is 64.5 Å². The predicted molar refractivity (Wildman–Crippen MR) is 103 cm³/mol. The van der Waals surface area contributed by atoms with E-state index in [9.17, 15) is 14.7 Å². The average molecular weight is 363 g/mol. The van der Waals surface area contributed by atoms with Crippen LogP contribution in [-0.2, 0) is 11.2 Å². The van der Waals surface area contributed by atoms with Gasteiger partial charge in [0.15, 0.2) is 11.5 Å². The first kappa shape index (κ1) is 18.5. The second-order valence-electron chi connectivity index (χ2n) is 7.17. The van der Waals surface area contributed by atoms with Crippen molar-refractivity contribution in [1.82, 2.24) is 5.32 Å². The van der Waals surface area contributed by atoms with Gasteiger partial charge < -0.3 is 10.4 Å². The summed E-state index contributed by atoms with van der Waals surface area (Å²) in [6.45, 7) is 5.51. The standard InChI is InChI=1S/C21H21N3O3/c1-13(25)14-8-10-16(11-9-14)23-24-19(20(26)27)18-17-7-5-4-6-15(17)12-21(2,3)22-18/h4-11,22H,12H2,1-3H3,(H,26,27)/b19-18-,24-23+. The van der Waals surface area contributed by atoms with Crippen molar-refractivity contribution in [3.05, 3.63) is 70.9 Å². The van der Waals surface area contributed by atoms with Gasteiger partial charge in [0.2, 0.25) is 0 Å². The van der Waals surface area contributed by atoms with Crippen molar-refractivity contribution in [2.24, 2.45) is 10.2 Å². The van der Waals surface area contributed by atoms with Crippen molar-refractivity contribution >= 4 is 23.1 Å². The number of hydrogen-bond donors (Lipinski definition) is 2. The van der Waals surface area contributed by atoms with Crippen LogP contribution in [0.4, 0.5) is 5.69 Å². The van der Waals surface area contributed by atoms with E-state index in [0.717, 1.165) is 17.5 Å². The molecule has 0 radical (unpaired) electrons. The molecule has 2 aromatic carbocycles. The van der Waals surface area contributed by atoms with E-state index in [1.807, 2.05) is 38.1 Å². The smallest absolute Gasteiger partial charge is 0.358 e. The van der Waals surface area contributed by atoms with Crippen LogP contribution < -0.4 is 5.32 Å². The number of nitrogens with zero attached hydrogens (tertiary/aromatic N) is 2. The van der Waals surface area contributed by atoms with Crippen LogP contribution in [0.5, 0.6) is 0 Å². The number of nitrogens with one attached hydrogen (secondary N) is 1. The number of carbonyl (C=O) groups excluding carboxylic acids is 1. The minimum Gasteiger partial charge on any atom is -0.476 e. The molecule has 1 aliphatic heterocycles. The van der Waals surface area contributed by atoms with Gasteiger partial charge in [0, 0.05) is 16.7 Å². The molecule has 2 aromatic rings. The zero-order chi connectivity index (χ0) is 19.6. The molecule has 0 unspecified atom stereocenters. The second kappa shape index (κ2) is 7.15. The number of carbonyl (C=O) groups is 2. The highest BCUT2D eigenvalue weighted by Crippen LogP contribution is 2.32. The molecule has 0 saturated carbocycles. The summed E-state index contributed by atoms with van der Waals surface area (Å²) in [4.78, 5) is 23.2. The Morgan fingerprint density at radius 3 is 2.37 bits per heavy atom. The molecule has 6 nitrogen and oxygen atoms in total. The monoisotopic (exact) mass is 363 g/mol. The van der Waals surface area contributed by atoms with Gasteiger partial charge in [0.25, 0.3) is 0 Å². The summed E-state index contributed by atoms with van der Waals surface area (Å²) in [5, 5.41) is 21.1. The van der Waals surface area contributed by atoms with Gasteiger partial charge in [0.05, 0.1) is 11.4 Å². The van der Waals surface area contributed by atoms with E-state index in [0.29, 0.717) is 16.9 Å². The summed E-state index contributed by atoms with van der Waals surface area (Å²) in [6, 6.07) is 14.2. The average Bonchev–Trinajstić information content (AvgIpc) is 2.61. The lowest BCUT2D eigenvalue weighted by Gasteiger charge is -2.35. The SMILES string of the molecule is CC(=O)c1ccc(/N=N/C(C(=O)O)=C2\NC(C)(C)Cc3ccccc32)cc1. The Hall–Kier alpha value is -3.28. The Bertz CT molecular complexity index is 957. The highest BCUT2D eigenvalue weighted by Gasteiger charge is 2.31. The maximum Gasteiger partial charge on any atom is 0.358 e. The molecule has 0 fully saturated rings. The minimum atomic E-state index is -1.16. The van der Waals surface area contributed by atoms with E-state index in [2.05, 4.69) is 15.5 Å². The van der Waals surface area contributed by atoms with E-state index in [4.69, 9.17) is 0 Å². The quantitative estimate of drug-likeness (QED) is 0.480. The summed E-state index contributed by atoms with van der Waals surface area (Å²) in [5.41, 5.74) is 2.93. The first-order chi connectivity index (χ1) is 12.8. The van der Waals surface area contributed by atoms with E-state index in [1.54, 1.807) is 24.3 Å². The third-order valence-electron chi connectivity index (χ3n) is 4.36. The Labute approximate surface area is 157 Å². The lowest BCUT2D eigenvalue weighted by atomic mass is 9.85. The number of ketones is 1. The molecular weight excluding hydrogens is 342 g/mol. The lowest BCUT2D eigenvalue weighted by Crippen LogP contribution is -2.44. The Kier molecular flexibility index (Phi) is 4.90. The Morgan fingerprint density at radius 1 is 1.07 bits per heavy atom. The molecule has 0 spiro atoms. The number of Topliss-reactive ketones (excluding diaryl/α,β-unsaturated/α-hetero) is 1. The molecule has 0 aromatic heterocycles. The largest absolute Gasteiger partial charge is 0.476 e. The molecule has 138 valence electrons. The van der Waals surface area contributed by atoms with Crippen LogP contribution in [0, 0.1) is 0 Å². The van der Waals surface area contributed by atoms with E-state index >= 15 is 0 Å². The number of aliphatic carboxylic acids is 1. The van der Waals surface area contributed by atoms with Crippen LogP contribution in [0.25, 0.3) is 5.70 Å². The lowest BCUT2D eigenvalue weighted by molar-refractivity contribution is -0.132. The van der Waals surface area contributed by atoms with Gasteiger partial charge in [-0.2, -0.15) is 5.11 Å². The van der Waals surface area contributed by atoms with Crippen LogP contribution in [0.2, 0.25) is 0 Å². The number of hydrogen-bond acceptors (Lipinski definition) is 5. The number of carboxylic acid groups (broad SMARTS) is 1. The Morgan fingerprint density at radius 2 is 1.74 bits per heavy atom. The molecule has 27 heavy (non-hydrogen) atoms. The van der Waals surface area contributed by atoms with Gasteiger partial charge in [-0.25, -0.2) is 4.79 Å². The van der Waals surface area contributed by atoms with Crippen LogP contribution >= 0.6 is 0 Å². The van der Waals surface area contributed by atoms with E-state index < -0.39 is 5.97 Å². The third kappa shape index (κ3) is 4.11. The predicted octanol–water partition coefficient (Wildman–Crippen LogP) is 4.35. The molecular formula is C21H21N3O3. The third-order valence-corrected chi connectivity index (χ3v) is 4.36. The first-order valence-corrected chi connectivity index (χ1v) is 8.63. The summed E-state index contributed by atoms with van der Waals surface area (Å²) in [5.74, 6) is -1.20. The molecule has 2 N–H and O–H groups in total. The van der Waals surface area contributed by atoms with Crippen molar-refractivity contribution in [2.75, 3.05) is 0 Å². The van der Waals surface area contributed by atoms with Crippen molar-refractivity contribution in [2.45, 2.75) is 32.7 Å². The fourth-order valence-corrected chi connectivity index (χ4v) is 3.10. The van der Waals surface area contributed by atoms with E-state index in [1.165, 1.54) is 6.92 Å². The van der Waals surface area contributed by atoms with Crippen molar-refractivity contribution in [1.29, 1.82) is 0 Å². The summed E-state index contributed by atoms with van der Waals surface area (Å²) < 4.78 is 0. The maximum atomic E-state index is 11.9. The molecule has 0 saturated heterocycles. The second-order valence-corrected chi connectivity index (χ2v) is 7.17. The number of azo groups is 1. The van der Waals surface area contributed by atoms with E-state index in [-0.39, 0.29) is 17.0 Å². The van der Waals surface area contributed by atoms with Crippen molar-refractivity contribution in [3.8, 4) is 0 Å². The number of carboxylic acids is 1. The fraction of sp³-hybridized carbons (Fsp3) is 0.238. The summed E-state index contributed by atoms with van der Waals surface area (Å²) in [6.07, 6.45) is 0.781. The topological polar surface area (TPSA) is 91.1 Å². The van der Waals surface area contributed by atoms with Gasteiger partial charge in [-0.05, 0) is 57.0 Å². The number of rotatable bonds is 4. The van der Waals surface area contributed by atoms with Gasteiger partial charge in [0.1, 0.15) is 0 Å². The molecule has 1 aliphatic rings. The fourth-order valence-electron chi connectivity index (χ4n) is 3.10. The zero-order valence-corrected chi connectivity index (χ0v) is 15.5.